The molecule has 0 aromatic heterocycles. The molecule has 1 aliphatic heterocycles. The van der Waals surface area contributed by atoms with E-state index in [0.717, 1.165) is 26.1 Å². The fraction of sp³-hybridized carbons (Fsp3) is 0.647. The van der Waals surface area contributed by atoms with E-state index in [1.807, 2.05) is 0 Å². The molecule has 0 spiro atoms. The number of likely N-dealkylation sites (N-methyl/N-ethyl adjacent to an activating group) is 1. The van der Waals surface area contributed by atoms with Crippen molar-refractivity contribution in [2.45, 2.75) is 39.7 Å². The first-order chi connectivity index (χ1) is 9.69. The summed E-state index contributed by atoms with van der Waals surface area (Å²) in [5.41, 5.74) is 9.78. The summed E-state index contributed by atoms with van der Waals surface area (Å²) in [5.74, 6) is 0. The molecule has 1 aromatic carbocycles. The molecule has 1 aliphatic rings. The Morgan fingerprint density at radius 2 is 2.05 bits per heavy atom. The number of hydrogen-bond acceptors (Lipinski definition) is 3. The van der Waals surface area contributed by atoms with Crippen LogP contribution in [0.1, 0.15) is 31.4 Å². The summed E-state index contributed by atoms with van der Waals surface area (Å²) < 4.78 is 0. The van der Waals surface area contributed by atoms with Crippen LogP contribution in [0.5, 0.6) is 0 Å². The van der Waals surface area contributed by atoms with E-state index in [-0.39, 0.29) is 0 Å². The number of benzene rings is 1. The number of rotatable bonds is 6. The summed E-state index contributed by atoms with van der Waals surface area (Å²) in [6.45, 7) is 12.1. The van der Waals surface area contributed by atoms with Crippen LogP contribution in [0.15, 0.2) is 18.2 Å². The predicted molar refractivity (Wildman–Crippen MR) is 87.5 cm³/mol. The summed E-state index contributed by atoms with van der Waals surface area (Å²) in [5, 5.41) is 0. The first kappa shape index (κ1) is 15.3. The van der Waals surface area contributed by atoms with Crippen LogP contribution in [0.4, 0.5) is 5.69 Å². The van der Waals surface area contributed by atoms with Crippen molar-refractivity contribution in [3.05, 3.63) is 29.3 Å². The van der Waals surface area contributed by atoms with Gasteiger partial charge in [-0.15, -0.1) is 0 Å². The van der Waals surface area contributed by atoms with Gasteiger partial charge in [-0.1, -0.05) is 26.0 Å². The summed E-state index contributed by atoms with van der Waals surface area (Å²) in [6.07, 6.45) is 2.26. The Labute approximate surface area is 123 Å². The van der Waals surface area contributed by atoms with Gasteiger partial charge in [0.1, 0.15) is 0 Å². The molecule has 0 radical (unpaired) electrons. The Kier molecular flexibility index (Phi) is 5.44. The lowest BCUT2D eigenvalue weighted by Crippen LogP contribution is -2.37. The minimum absolute atomic E-state index is 0.716. The first-order valence-corrected chi connectivity index (χ1v) is 7.98. The molecule has 1 atom stereocenters. The van der Waals surface area contributed by atoms with Crippen molar-refractivity contribution in [3.8, 4) is 0 Å². The van der Waals surface area contributed by atoms with Crippen molar-refractivity contribution in [3.63, 3.8) is 0 Å². The summed E-state index contributed by atoms with van der Waals surface area (Å²) in [4.78, 5) is 5.13. The van der Waals surface area contributed by atoms with Crippen LogP contribution < -0.4 is 10.6 Å². The van der Waals surface area contributed by atoms with Gasteiger partial charge >= 0.3 is 0 Å². The summed E-state index contributed by atoms with van der Waals surface area (Å²) in [6, 6.07) is 7.53. The summed E-state index contributed by atoms with van der Waals surface area (Å²) in [7, 11) is 0. The lowest BCUT2D eigenvalue weighted by molar-refractivity contribution is 0.232. The van der Waals surface area contributed by atoms with Gasteiger partial charge in [-0.25, -0.2) is 0 Å². The quantitative estimate of drug-likeness (QED) is 0.865. The van der Waals surface area contributed by atoms with Gasteiger partial charge in [0.15, 0.2) is 0 Å². The SMILES string of the molecule is CCN(CC)C1CCN(c2ccc(CCN)cc2C)C1. The third-order valence-electron chi connectivity index (χ3n) is 4.53. The van der Waals surface area contributed by atoms with Crippen molar-refractivity contribution in [2.24, 2.45) is 5.73 Å². The van der Waals surface area contributed by atoms with Crippen molar-refractivity contribution in [2.75, 3.05) is 37.6 Å². The van der Waals surface area contributed by atoms with Gasteiger partial charge in [-0.2, -0.15) is 0 Å². The monoisotopic (exact) mass is 275 g/mol. The van der Waals surface area contributed by atoms with Gasteiger partial charge < -0.3 is 10.6 Å². The molecule has 0 saturated carbocycles. The zero-order chi connectivity index (χ0) is 14.5. The molecule has 1 aromatic rings. The van der Waals surface area contributed by atoms with Crippen LogP contribution in [0.2, 0.25) is 0 Å². The zero-order valence-electron chi connectivity index (χ0n) is 13.2. The Hall–Kier alpha value is -1.06. The molecule has 1 fully saturated rings. The Morgan fingerprint density at radius 1 is 1.30 bits per heavy atom. The van der Waals surface area contributed by atoms with E-state index >= 15 is 0 Å². The van der Waals surface area contributed by atoms with Crippen LogP contribution in [0, 0.1) is 6.92 Å². The van der Waals surface area contributed by atoms with Gasteiger partial charge in [0.05, 0.1) is 0 Å². The van der Waals surface area contributed by atoms with E-state index in [1.165, 1.54) is 36.3 Å². The van der Waals surface area contributed by atoms with Crippen LogP contribution >= 0.6 is 0 Å². The number of hydrogen-bond donors (Lipinski definition) is 1. The molecule has 112 valence electrons. The van der Waals surface area contributed by atoms with E-state index in [1.54, 1.807) is 0 Å². The van der Waals surface area contributed by atoms with E-state index in [9.17, 15) is 0 Å². The minimum Gasteiger partial charge on any atom is -0.370 e. The lowest BCUT2D eigenvalue weighted by Gasteiger charge is -2.27. The molecule has 0 bridgehead atoms. The molecular weight excluding hydrogens is 246 g/mol. The van der Waals surface area contributed by atoms with Crippen molar-refractivity contribution < 1.29 is 0 Å². The largest absolute Gasteiger partial charge is 0.370 e. The summed E-state index contributed by atoms with van der Waals surface area (Å²) >= 11 is 0. The van der Waals surface area contributed by atoms with Crippen molar-refractivity contribution in [1.82, 2.24) is 4.90 Å². The topological polar surface area (TPSA) is 32.5 Å². The molecule has 20 heavy (non-hydrogen) atoms. The van der Waals surface area contributed by atoms with Gasteiger partial charge in [-0.3, -0.25) is 4.90 Å². The lowest BCUT2D eigenvalue weighted by atomic mass is 10.1. The van der Waals surface area contributed by atoms with E-state index in [4.69, 9.17) is 5.73 Å². The average Bonchev–Trinajstić information content (AvgIpc) is 2.90. The van der Waals surface area contributed by atoms with Crippen LogP contribution in [0.3, 0.4) is 0 Å². The zero-order valence-corrected chi connectivity index (χ0v) is 13.2. The maximum absolute atomic E-state index is 5.64. The maximum Gasteiger partial charge on any atom is 0.0396 e. The highest BCUT2D eigenvalue weighted by molar-refractivity contribution is 5.55. The van der Waals surface area contributed by atoms with Crippen LogP contribution in [-0.2, 0) is 6.42 Å². The van der Waals surface area contributed by atoms with Crippen LogP contribution in [0.25, 0.3) is 0 Å². The molecule has 1 saturated heterocycles. The fourth-order valence-electron chi connectivity index (χ4n) is 3.39. The highest BCUT2D eigenvalue weighted by Gasteiger charge is 2.26. The predicted octanol–water partition coefficient (Wildman–Crippen LogP) is 2.42. The van der Waals surface area contributed by atoms with E-state index in [2.05, 4.69) is 48.8 Å². The molecule has 1 unspecified atom stereocenters. The second-order valence-electron chi connectivity index (χ2n) is 5.77. The normalized spacial score (nSPS) is 19.1. The second-order valence-corrected chi connectivity index (χ2v) is 5.77. The highest BCUT2D eigenvalue weighted by Crippen LogP contribution is 2.27. The van der Waals surface area contributed by atoms with Crippen molar-refractivity contribution >= 4 is 5.69 Å². The van der Waals surface area contributed by atoms with E-state index in [0.29, 0.717) is 6.04 Å². The fourth-order valence-corrected chi connectivity index (χ4v) is 3.39. The van der Waals surface area contributed by atoms with E-state index < -0.39 is 0 Å². The molecule has 2 rings (SSSR count). The Morgan fingerprint density at radius 3 is 2.65 bits per heavy atom. The number of nitrogens with zero attached hydrogens (tertiary/aromatic N) is 2. The molecule has 0 aliphatic carbocycles. The second kappa shape index (κ2) is 7.09. The third kappa shape index (κ3) is 3.33. The average molecular weight is 275 g/mol. The molecule has 1 heterocycles. The third-order valence-corrected chi connectivity index (χ3v) is 4.53. The number of nitrogens with two attached hydrogens (primary N) is 1. The minimum atomic E-state index is 0.716. The number of anilines is 1. The van der Waals surface area contributed by atoms with Gasteiger partial charge in [-0.05, 0) is 56.6 Å². The first-order valence-electron chi connectivity index (χ1n) is 7.98. The Balaban J connectivity index is 2.06. The smallest absolute Gasteiger partial charge is 0.0396 e. The molecule has 2 N–H and O–H groups in total. The van der Waals surface area contributed by atoms with Gasteiger partial charge in [0.2, 0.25) is 0 Å². The maximum atomic E-state index is 5.64. The highest BCUT2D eigenvalue weighted by atomic mass is 15.2. The van der Waals surface area contributed by atoms with Gasteiger partial charge in [0, 0.05) is 24.8 Å². The Bertz CT molecular complexity index is 426. The molecular formula is C17H29N3. The molecule has 0 amide bonds. The standard InChI is InChI=1S/C17H29N3/c1-4-19(5-2)16-9-11-20(13-16)17-7-6-15(8-10-18)12-14(17)3/h6-7,12,16H,4-5,8-11,13,18H2,1-3H3. The van der Waals surface area contributed by atoms with Crippen molar-refractivity contribution in [1.29, 1.82) is 0 Å². The molecule has 3 heteroatoms. The van der Waals surface area contributed by atoms with Gasteiger partial charge in [0.25, 0.3) is 0 Å². The van der Waals surface area contributed by atoms with Crippen LogP contribution in [-0.4, -0.2) is 43.7 Å². The number of aryl methyl sites for hydroxylation is 1. The molecule has 3 nitrogen and oxygen atoms in total.